The van der Waals surface area contributed by atoms with E-state index in [-0.39, 0.29) is 0 Å². The Bertz CT molecular complexity index is 283. The molecule has 1 aromatic rings. The summed E-state index contributed by atoms with van der Waals surface area (Å²) >= 11 is 0. The maximum absolute atomic E-state index is 4.99. The Morgan fingerprint density at radius 1 is 1.40 bits per heavy atom. The average Bonchev–Trinajstić information content (AvgIpc) is 2.60. The summed E-state index contributed by atoms with van der Waals surface area (Å²) in [6.07, 6.45) is 0. The maximum atomic E-state index is 4.99. The molecular weight excluding hydrogens is 192 g/mol. The van der Waals surface area contributed by atoms with E-state index in [1.165, 1.54) is 0 Å². The molecule has 0 saturated heterocycles. The third-order valence-corrected chi connectivity index (χ3v) is 2.32. The van der Waals surface area contributed by atoms with E-state index in [0.717, 1.165) is 19.6 Å². The molecule has 86 valence electrons. The lowest BCUT2D eigenvalue weighted by molar-refractivity contribution is 0.292. The summed E-state index contributed by atoms with van der Waals surface area (Å²) in [6.45, 7) is 11.3. The van der Waals surface area contributed by atoms with Crippen molar-refractivity contribution in [1.82, 2.24) is 15.0 Å². The minimum Gasteiger partial charge on any atom is -0.334 e. The first-order chi connectivity index (χ1) is 7.15. The molecule has 1 rings (SSSR count). The molecule has 1 atom stereocenters. The smallest absolute Gasteiger partial charge is 0.321 e. The van der Waals surface area contributed by atoms with Crippen LogP contribution in [-0.4, -0.2) is 40.7 Å². The molecule has 0 radical (unpaired) electrons. The topological polar surface area (TPSA) is 54.2 Å². The van der Waals surface area contributed by atoms with Gasteiger partial charge in [0.05, 0.1) is 0 Å². The molecule has 1 N–H and O–H groups in total. The molecule has 0 aliphatic rings. The minimum atomic E-state index is 0.310. The van der Waals surface area contributed by atoms with Crippen LogP contribution < -0.4 is 5.32 Å². The molecule has 0 spiro atoms. The summed E-state index contributed by atoms with van der Waals surface area (Å²) in [5, 5.41) is 6.91. The summed E-state index contributed by atoms with van der Waals surface area (Å²) in [7, 11) is 0. The third-order valence-electron chi connectivity index (χ3n) is 2.32. The number of hydrogen-bond acceptors (Lipinski definition) is 5. The lowest BCUT2D eigenvalue weighted by atomic mass is 10.3. The maximum Gasteiger partial charge on any atom is 0.321 e. The number of nitrogens with zero attached hydrogens (tertiary/aromatic N) is 3. The molecule has 5 heteroatoms. The van der Waals surface area contributed by atoms with Crippen molar-refractivity contribution in [3.8, 4) is 0 Å². The molecule has 0 aromatic carbocycles. The second kappa shape index (κ2) is 5.70. The first kappa shape index (κ1) is 12.0. The van der Waals surface area contributed by atoms with Gasteiger partial charge >= 0.3 is 6.01 Å². The fourth-order valence-corrected chi connectivity index (χ4v) is 1.48. The first-order valence-corrected chi connectivity index (χ1v) is 5.44. The number of likely N-dealkylation sites (N-methyl/N-ethyl adjacent to an activating group) is 1. The van der Waals surface area contributed by atoms with Gasteiger partial charge < -0.3 is 14.7 Å². The molecule has 0 aliphatic heterocycles. The number of anilines is 1. The highest BCUT2D eigenvalue weighted by molar-refractivity contribution is 5.19. The standard InChI is InChI=1S/C10H20N4O/c1-5-14(6-2)7-8(3)11-10-12-9(4)13-15-10/h8H,5-7H2,1-4H3,(H,11,12,13). The average molecular weight is 212 g/mol. The van der Waals surface area contributed by atoms with Gasteiger partial charge in [0.2, 0.25) is 0 Å². The van der Waals surface area contributed by atoms with Crippen LogP contribution in [0.25, 0.3) is 0 Å². The highest BCUT2D eigenvalue weighted by Crippen LogP contribution is 2.05. The zero-order chi connectivity index (χ0) is 11.3. The predicted octanol–water partition coefficient (Wildman–Crippen LogP) is 1.52. The van der Waals surface area contributed by atoms with Gasteiger partial charge in [-0.3, -0.25) is 0 Å². The van der Waals surface area contributed by atoms with E-state index >= 15 is 0 Å². The van der Waals surface area contributed by atoms with E-state index in [0.29, 0.717) is 17.9 Å². The van der Waals surface area contributed by atoms with E-state index in [2.05, 4.69) is 41.1 Å². The Hall–Kier alpha value is -1.10. The number of aromatic nitrogens is 2. The van der Waals surface area contributed by atoms with Gasteiger partial charge in [-0.15, -0.1) is 0 Å². The van der Waals surface area contributed by atoms with Crippen LogP contribution in [0.5, 0.6) is 0 Å². The number of rotatable bonds is 6. The van der Waals surface area contributed by atoms with Gasteiger partial charge in [-0.2, -0.15) is 4.98 Å². The third kappa shape index (κ3) is 3.87. The van der Waals surface area contributed by atoms with Crippen LogP contribution in [-0.2, 0) is 0 Å². The molecule has 1 heterocycles. The van der Waals surface area contributed by atoms with Gasteiger partial charge in [0.25, 0.3) is 0 Å². The molecule has 0 fully saturated rings. The van der Waals surface area contributed by atoms with Crippen molar-refractivity contribution in [2.24, 2.45) is 0 Å². The van der Waals surface area contributed by atoms with E-state index < -0.39 is 0 Å². The summed E-state index contributed by atoms with van der Waals surface area (Å²) in [4.78, 5) is 6.45. The lowest BCUT2D eigenvalue weighted by Gasteiger charge is -2.22. The predicted molar refractivity (Wildman–Crippen MR) is 59.9 cm³/mol. The molecule has 5 nitrogen and oxygen atoms in total. The van der Waals surface area contributed by atoms with Crippen LogP contribution in [0, 0.1) is 6.92 Å². The van der Waals surface area contributed by atoms with Gasteiger partial charge in [0.1, 0.15) is 0 Å². The Morgan fingerprint density at radius 3 is 2.53 bits per heavy atom. The normalized spacial score (nSPS) is 13.1. The Morgan fingerprint density at radius 2 is 2.07 bits per heavy atom. The second-order valence-electron chi connectivity index (χ2n) is 3.68. The van der Waals surface area contributed by atoms with Crippen LogP contribution in [0.4, 0.5) is 6.01 Å². The molecule has 0 amide bonds. The van der Waals surface area contributed by atoms with Gasteiger partial charge in [-0.05, 0) is 26.9 Å². The molecule has 0 aliphatic carbocycles. The van der Waals surface area contributed by atoms with E-state index in [9.17, 15) is 0 Å². The van der Waals surface area contributed by atoms with Crippen molar-refractivity contribution in [1.29, 1.82) is 0 Å². The van der Waals surface area contributed by atoms with Crippen LogP contribution >= 0.6 is 0 Å². The highest BCUT2D eigenvalue weighted by atomic mass is 16.5. The van der Waals surface area contributed by atoms with E-state index in [1.54, 1.807) is 0 Å². The summed E-state index contributed by atoms with van der Waals surface area (Å²) in [5.74, 6) is 0.660. The number of aryl methyl sites for hydroxylation is 1. The van der Waals surface area contributed by atoms with Crippen molar-refractivity contribution >= 4 is 6.01 Å². The number of hydrogen-bond donors (Lipinski definition) is 1. The zero-order valence-corrected chi connectivity index (χ0v) is 9.95. The largest absolute Gasteiger partial charge is 0.334 e. The monoisotopic (exact) mass is 212 g/mol. The van der Waals surface area contributed by atoms with Crippen LogP contribution in [0.15, 0.2) is 4.52 Å². The van der Waals surface area contributed by atoms with Crippen molar-refractivity contribution in [2.75, 3.05) is 25.0 Å². The van der Waals surface area contributed by atoms with Crippen molar-refractivity contribution in [3.63, 3.8) is 0 Å². The van der Waals surface area contributed by atoms with Crippen molar-refractivity contribution < 1.29 is 4.52 Å². The first-order valence-electron chi connectivity index (χ1n) is 5.44. The number of nitrogens with one attached hydrogen (secondary N) is 1. The zero-order valence-electron chi connectivity index (χ0n) is 9.95. The molecule has 15 heavy (non-hydrogen) atoms. The van der Waals surface area contributed by atoms with Crippen LogP contribution in [0.3, 0.4) is 0 Å². The van der Waals surface area contributed by atoms with Crippen LogP contribution in [0.1, 0.15) is 26.6 Å². The Labute approximate surface area is 90.8 Å². The molecule has 1 unspecified atom stereocenters. The molecule has 1 aromatic heterocycles. The summed E-state index contributed by atoms with van der Waals surface area (Å²) in [6, 6.07) is 0.817. The van der Waals surface area contributed by atoms with E-state index in [1.807, 2.05) is 6.92 Å². The van der Waals surface area contributed by atoms with Crippen molar-refractivity contribution in [3.05, 3.63) is 5.82 Å². The quantitative estimate of drug-likeness (QED) is 0.774. The fourth-order valence-electron chi connectivity index (χ4n) is 1.48. The summed E-state index contributed by atoms with van der Waals surface area (Å²) < 4.78 is 4.99. The van der Waals surface area contributed by atoms with Gasteiger partial charge in [0, 0.05) is 12.6 Å². The Balaban J connectivity index is 2.38. The fraction of sp³-hybridized carbons (Fsp3) is 0.800. The molecule has 0 saturated carbocycles. The van der Waals surface area contributed by atoms with Gasteiger partial charge in [-0.1, -0.05) is 19.0 Å². The van der Waals surface area contributed by atoms with Crippen molar-refractivity contribution in [2.45, 2.75) is 33.7 Å². The molecule has 0 bridgehead atoms. The second-order valence-corrected chi connectivity index (χ2v) is 3.68. The highest BCUT2D eigenvalue weighted by Gasteiger charge is 2.09. The minimum absolute atomic E-state index is 0.310. The van der Waals surface area contributed by atoms with Gasteiger partial charge in [-0.25, -0.2) is 0 Å². The van der Waals surface area contributed by atoms with E-state index in [4.69, 9.17) is 4.52 Å². The lowest BCUT2D eigenvalue weighted by Crippen LogP contribution is -2.34. The Kier molecular flexibility index (Phi) is 4.55. The van der Waals surface area contributed by atoms with Crippen LogP contribution in [0.2, 0.25) is 0 Å². The van der Waals surface area contributed by atoms with Gasteiger partial charge in [0.15, 0.2) is 5.82 Å². The molecular formula is C10H20N4O. The SMILES string of the molecule is CCN(CC)CC(C)Nc1nc(C)no1. The summed E-state index contributed by atoms with van der Waals surface area (Å²) in [5.41, 5.74) is 0.